The predicted octanol–water partition coefficient (Wildman–Crippen LogP) is 3.15. The Morgan fingerprint density at radius 3 is 3.06 bits per heavy atom. The van der Waals surface area contributed by atoms with E-state index < -0.39 is 0 Å². The molecule has 1 aliphatic heterocycles. The zero-order valence-corrected chi connectivity index (χ0v) is 11.1. The highest BCUT2D eigenvalue weighted by Crippen LogP contribution is 2.32. The van der Waals surface area contributed by atoms with Gasteiger partial charge in [0.05, 0.1) is 11.6 Å². The van der Waals surface area contributed by atoms with E-state index in [1.807, 2.05) is 11.8 Å². The van der Waals surface area contributed by atoms with Crippen LogP contribution in [-0.2, 0) is 9.63 Å². The van der Waals surface area contributed by atoms with Crippen molar-refractivity contribution in [1.29, 1.82) is 0 Å². The maximum Gasteiger partial charge on any atom is 0.338 e. The molecule has 0 radical (unpaired) electrons. The molecule has 18 heavy (non-hydrogen) atoms. The second-order valence-electron chi connectivity index (χ2n) is 4.82. The molecule has 1 fully saturated rings. The molecule has 0 aromatic heterocycles. The van der Waals surface area contributed by atoms with Crippen molar-refractivity contribution < 1.29 is 9.63 Å². The standard InChI is InChI=1S/C14H15NO2S/c1-9-2-5-13-11(8-9)12(6-7-18-13)15-17-14(16)10-3-4-10/h2,5,8,10H,3-4,6-7H2,1H3/b15-12-. The van der Waals surface area contributed by atoms with E-state index >= 15 is 0 Å². The molecular weight excluding hydrogens is 246 g/mol. The Hall–Kier alpha value is -1.29. The highest BCUT2D eigenvalue weighted by molar-refractivity contribution is 7.99. The average molecular weight is 261 g/mol. The van der Waals surface area contributed by atoms with Crippen molar-refractivity contribution in [2.24, 2.45) is 11.1 Å². The van der Waals surface area contributed by atoms with Crippen LogP contribution in [0, 0.1) is 12.8 Å². The number of carbonyl (C=O) groups excluding carboxylic acids is 1. The third-order valence-corrected chi connectivity index (χ3v) is 4.27. The first-order chi connectivity index (χ1) is 8.74. The minimum Gasteiger partial charge on any atom is -0.318 e. The third-order valence-electron chi connectivity index (χ3n) is 3.20. The molecule has 1 aromatic rings. The average Bonchev–Trinajstić information content (AvgIpc) is 3.20. The number of thioether (sulfide) groups is 1. The van der Waals surface area contributed by atoms with Gasteiger partial charge in [-0.1, -0.05) is 16.8 Å². The molecule has 0 spiro atoms. The topological polar surface area (TPSA) is 38.7 Å². The lowest BCUT2D eigenvalue weighted by Crippen LogP contribution is -2.12. The number of fused-ring (bicyclic) bond motifs is 1. The molecule has 1 aromatic carbocycles. The van der Waals surface area contributed by atoms with Crippen LogP contribution in [0.2, 0.25) is 0 Å². The van der Waals surface area contributed by atoms with Crippen molar-refractivity contribution >= 4 is 23.4 Å². The van der Waals surface area contributed by atoms with Gasteiger partial charge in [-0.05, 0) is 31.9 Å². The Labute approximate surface area is 111 Å². The smallest absolute Gasteiger partial charge is 0.318 e. The van der Waals surface area contributed by atoms with Gasteiger partial charge in [-0.3, -0.25) is 0 Å². The molecule has 3 rings (SSSR count). The molecule has 0 amide bonds. The van der Waals surface area contributed by atoms with Crippen LogP contribution in [0.1, 0.15) is 30.4 Å². The van der Waals surface area contributed by atoms with Crippen molar-refractivity contribution in [3.05, 3.63) is 29.3 Å². The Kier molecular flexibility index (Phi) is 3.12. The van der Waals surface area contributed by atoms with E-state index in [0.29, 0.717) is 0 Å². The van der Waals surface area contributed by atoms with Crippen LogP contribution in [-0.4, -0.2) is 17.4 Å². The number of rotatable bonds is 2. The molecule has 1 heterocycles. The molecule has 0 atom stereocenters. The van der Waals surface area contributed by atoms with E-state index in [4.69, 9.17) is 4.84 Å². The SMILES string of the molecule is Cc1ccc2c(c1)/C(=N\OC(=O)C1CC1)CCS2. The zero-order chi connectivity index (χ0) is 12.5. The molecule has 0 bridgehead atoms. The number of oxime groups is 1. The van der Waals surface area contributed by atoms with Gasteiger partial charge >= 0.3 is 5.97 Å². The summed E-state index contributed by atoms with van der Waals surface area (Å²) in [7, 11) is 0. The second-order valence-corrected chi connectivity index (χ2v) is 5.96. The Balaban J connectivity index is 1.83. The normalized spacial score (nSPS) is 20.6. The van der Waals surface area contributed by atoms with Crippen LogP contribution in [0.5, 0.6) is 0 Å². The summed E-state index contributed by atoms with van der Waals surface area (Å²) >= 11 is 1.83. The minimum atomic E-state index is -0.171. The van der Waals surface area contributed by atoms with Gasteiger partial charge in [0.15, 0.2) is 0 Å². The van der Waals surface area contributed by atoms with Crippen LogP contribution >= 0.6 is 11.8 Å². The van der Waals surface area contributed by atoms with Crippen LogP contribution in [0.4, 0.5) is 0 Å². The fourth-order valence-electron chi connectivity index (χ4n) is 1.98. The Morgan fingerprint density at radius 1 is 1.44 bits per heavy atom. The highest BCUT2D eigenvalue weighted by Gasteiger charge is 2.32. The monoisotopic (exact) mass is 261 g/mol. The molecular formula is C14H15NO2S. The molecule has 1 saturated carbocycles. The summed E-state index contributed by atoms with van der Waals surface area (Å²) in [5.74, 6) is 0.926. The molecule has 2 aliphatic rings. The van der Waals surface area contributed by atoms with Gasteiger partial charge in [-0.25, -0.2) is 4.79 Å². The zero-order valence-electron chi connectivity index (χ0n) is 10.3. The molecule has 3 nitrogen and oxygen atoms in total. The van der Waals surface area contributed by atoms with E-state index in [9.17, 15) is 4.79 Å². The lowest BCUT2D eigenvalue weighted by atomic mass is 10.1. The summed E-state index contributed by atoms with van der Waals surface area (Å²) in [6.07, 6.45) is 2.77. The van der Waals surface area contributed by atoms with Crippen LogP contribution in [0.15, 0.2) is 28.3 Å². The first kappa shape index (κ1) is 11.8. The van der Waals surface area contributed by atoms with Gasteiger partial charge < -0.3 is 4.84 Å². The Bertz CT molecular complexity index is 521. The molecule has 1 aliphatic carbocycles. The number of carbonyl (C=O) groups is 1. The van der Waals surface area contributed by atoms with Crippen molar-refractivity contribution in [2.75, 3.05) is 5.75 Å². The molecule has 0 N–H and O–H groups in total. The van der Waals surface area contributed by atoms with Gasteiger partial charge in [-0.15, -0.1) is 11.8 Å². The summed E-state index contributed by atoms with van der Waals surface area (Å²) in [6.45, 7) is 2.06. The van der Waals surface area contributed by atoms with Gasteiger partial charge in [0.1, 0.15) is 0 Å². The second kappa shape index (κ2) is 4.76. The number of nitrogens with zero attached hydrogens (tertiary/aromatic N) is 1. The van der Waals surface area contributed by atoms with Crippen molar-refractivity contribution in [2.45, 2.75) is 31.1 Å². The van der Waals surface area contributed by atoms with E-state index in [2.05, 4.69) is 30.3 Å². The van der Waals surface area contributed by atoms with Crippen molar-refractivity contribution in [1.82, 2.24) is 0 Å². The van der Waals surface area contributed by atoms with Crippen molar-refractivity contribution in [3.63, 3.8) is 0 Å². The molecule has 0 saturated heterocycles. The molecule has 4 heteroatoms. The van der Waals surface area contributed by atoms with Crippen LogP contribution < -0.4 is 0 Å². The summed E-state index contributed by atoms with van der Waals surface area (Å²) in [4.78, 5) is 17.8. The fourth-order valence-corrected chi connectivity index (χ4v) is 2.99. The minimum absolute atomic E-state index is 0.101. The summed E-state index contributed by atoms with van der Waals surface area (Å²) < 4.78 is 0. The maximum absolute atomic E-state index is 11.5. The fraction of sp³-hybridized carbons (Fsp3) is 0.429. The third kappa shape index (κ3) is 2.43. The lowest BCUT2D eigenvalue weighted by Gasteiger charge is -2.17. The van der Waals surface area contributed by atoms with Gasteiger partial charge in [-0.2, -0.15) is 0 Å². The Morgan fingerprint density at radius 2 is 2.28 bits per heavy atom. The molecule has 94 valence electrons. The lowest BCUT2D eigenvalue weighted by molar-refractivity contribution is -0.145. The van der Waals surface area contributed by atoms with Crippen LogP contribution in [0.25, 0.3) is 0 Å². The predicted molar refractivity (Wildman–Crippen MR) is 71.9 cm³/mol. The summed E-state index contributed by atoms with van der Waals surface area (Å²) in [5.41, 5.74) is 3.23. The van der Waals surface area contributed by atoms with E-state index in [0.717, 1.165) is 36.3 Å². The van der Waals surface area contributed by atoms with E-state index in [-0.39, 0.29) is 11.9 Å². The first-order valence-electron chi connectivity index (χ1n) is 6.25. The van der Waals surface area contributed by atoms with E-state index in [1.54, 1.807) is 0 Å². The highest BCUT2D eigenvalue weighted by atomic mass is 32.2. The quantitative estimate of drug-likeness (QED) is 0.606. The van der Waals surface area contributed by atoms with Gasteiger partial charge in [0, 0.05) is 22.6 Å². The summed E-state index contributed by atoms with van der Waals surface area (Å²) in [5, 5.41) is 4.08. The number of hydrogen-bond acceptors (Lipinski definition) is 4. The van der Waals surface area contributed by atoms with Gasteiger partial charge in [0.25, 0.3) is 0 Å². The number of aryl methyl sites for hydroxylation is 1. The summed E-state index contributed by atoms with van der Waals surface area (Å²) in [6, 6.07) is 6.34. The first-order valence-corrected chi connectivity index (χ1v) is 7.24. The van der Waals surface area contributed by atoms with Crippen molar-refractivity contribution in [3.8, 4) is 0 Å². The number of hydrogen-bond donors (Lipinski definition) is 0. The largest absolute Gasteiger partial charge is 0.338 e. The van der Waals surface area contributed by atoms with Crippen LogP contribution in [0.3, 0.4) is 0 Å². The number of benzene rings is 1. The van der Waals surface area contributed by atoms with E-state index in [1.165, 1.54) is 10.5 Å². The molecule has 0 unspecified atom stereocenters. The van der Waals surface area contributed by atoms with Gasteiger partial charge in [0.2, 0.25) is 0 Å². The maximum atomic E-state index is 11.5.